The first-order valence-corrected chi connectivity index (χ1v) is 15.9. The number of carboxylic acids is 2. The van der Waals surface area contributed by atoms with Crippen LogP contribution in [0.25, 0.3) is 5.76 Å². The van der Waals surface area contributed by atoms with Crippen LogP contribution in [0.4, 0.5) is 5.69 Å². The van der Waals surface area contributed by atoms with E-state index in [1.807, 2.05) is 0 Å². The van der Waals surface area contributed by atoms with Crippen LogP contribution in [0.1, 0.15) is 136 Å². The van der Waals surface area contributed by atoms with Gasteiger partial charge >= 0.3 is 11.9 Å². The van der Waals surface area contributed by atoms with Gasteiger partial charge in [-0.15, -0.1) is 0 Å². The van der Waals surface area contributed by atoms with Gasteiger partial charge in [-0.25, -0.2) is 9.59 Å². The summed E-state index contributed by atoms with van der Waals surface area (Å²) in [6.45, 7) is 2.75. The Kier molecular flexibility index (Phi) is 17.3. The fraction of sp³-hybridized carbons (Fsp3) is 0.514. The maximum Gasteiger partial charge on any atom is 0.335 e. The molecule has 0 aliphatic heterocycles. The Morgan fingerprint density at radius 2 is 1.14 bits per heavy atom. The van der Waals surface area contributed by atoms with E-state index in [1.54, 1.807) is 24.3 Å². The van der Waals surface area contributed by atoms with Gasteiger partial charge in [0.05, 0.1) is 23.3 Å². The zero-order valence-electron chi connectivity index (χ0n) is 25.6. The molecule has 0 bridgehead atoms. The molecule has 1 amide bonds. The Morgan fingerprint density at radius 1 is 0.674 bits per heavy atom. The molecule has 0 atom stereocenters. The molecule has 2 aromatic rings. The number of rotatable bonds is 23. The molecule has 2 aromatic carbocycles. The number of nitrogens with one attached hydrogen (secondary N) is 1. The van der Waals surface area contributed by atoms with Crippen LogP contribution in [-0.4, -0.2) is 39.8 Å². The highest BCUT2D eigenvalue weighted by Gasteiger charge is 2.14. The molecule has 0 aliphatic carbocycles. The maximum absolute atomic E-state index is 12.5. The average Bonchev–Trinajstić information content (AvgIpc) is 2.98. The van der Waals surface area contributed by atoms with E-state index in [-0.39, 0.29) is 22.6 Å². The highest BCUT2D eigenvalue weighted by atomic mass is 16.5. The van der Waals surface area contributed by atoms with Crippen molar-refractivity contribution in [1.82, 2.24) is 0 Å². The Balaban J connectivity index is 1.67. The largest absolute Gasteiger partial charge is 0.507 e. The molecule has 0 saturated carbocycles. The van der Waals surface area contributed by atoms with E-state index in [2.05, 4.69) is 12.2 Å². The van der Waals surface area contributed by atoms with Gasteiger partial charge in [-0.1, -0.05) is 115 Å². The van der Waals surface area contributed by atoms with Crippen LogP contribution in [0.5, 0.6) is 5.75 Å². The summed E-state index contributed by atoms with van der Waals surface area (Å²) in [4.78, 5) is 35.1. The molecule has 0 radical (unpaired) electrons. The second kappa shape index (κ2) is 21.0. The van der Waals surface area contributed by atoms with Crippen LogP contribution in [0.3, 0.4) is 0 Å². The average molecular weight is 596 g/mol. The highest BCUT2D eigenvalue weighted by molar-refractivity contribution is 6.05. The maximum atomic E-state index is 12.5. The number of aliphatic hydroxyl groups excluding tert-OH is 1. The molecule has 0 fully saturated rings. The van der Waals surface area contributed by atoms with Crippen molar-refractivity contribution in [2.24, 2.45) is 0 Å². The van der Waals surface area contributed by atoms with Crippen molar-refractivity contribution in [1.29, 1.82) is 0 Å². The van der Waals surface area contributed by atoms with Gasteiger partial charge in [0.15, 0.2) is 0 Å². The number of aliphatic hydroxyl groups is 1. The summed E-state index contributed by atoms with van der Waals surface area (Å²) < 4.78 is 5.90. The minimum absolute atomic E-state index is 0.0145. The highest BCUT2D eigenvalue weighted by Crippen LogP contribution is 2.25. The third kappa shape index (κ3) is 14.8. The summed E-state index contributed by atoms with van der Waals surface area (Å²) in [6.07, 6.45) is 21.6. The molecular formula is C35H49NO7. The number of ether oxygens (including phenoxy) is 1. The predicted molar refractivity (Wildman–Crippen MR) is 171 cm³/mol. The third-order valence-corrected chi connectivity index (χ3v) is 7.38. The quantitative estimate of drug-likeness (QED) is 0.0571. The number of carbonyl (C=O) groups is 3. The first-order valence-electron chi connectivity index (χ1n) is 15.9. The normalized spacial score (nSPS) is 11.3. The molecule has 0 unspecified atom stereocenters. The molecule has 0 aliphatic rings. The lowest BCUT2D eigenvalue weighted by molar-refractivity contribution is -0.111. The molecule has 4 N–H and O–H groups in total. The van der Waals surface area contributed by atoms with Gasteiger partial charge in [-0.3, -0.25) is 4.79 Å². The molecule has 236 valence electrons. The summed E-state index contributed by atoms with van der Waals surface area (Å²) in [5.41, 5.74) is -0.230. The van der Waals surface area contributed by atoms with E-state index < -0.39 is 17.8 Å². The number of hydrogen-bond acceptors (Lipinski definition) is 5. The smallest absolute Gasteiger partial charge is 0.335 e. The predicted octanol–water partition coefficient (Wildman–Crippen LogP) is 9.26. The van der Waals surface area contributed by atoms with Crippen molar-refractivity contribution in [2.75, 3.05) is 11.9 Å². The molecule has 0 heterocycles. The number of benzene rings is 2. The number of carboxylic acid groups (broad SMARTS) is 2. The van der Waals surface area contributed by atoms with Gasteiger partial charge in [-0.2, -0.15) is 0 Å². The third-order valence-electron chi connectivity index (χ3n) is 7.38. The van der Waals surface area contributed by atoms with Crippen LogP contribution < -0.4 is 10.1 Å². The molecule has 8 nitrogen and oxygen atoms in total. The number of carbonyl (C=O) groups excluding carboxylic acids is 1. The first kappa shape index (κ1) is 35.4. The van der Waals surface area contributed by atoms with Gasteiger partial charge in [-0.05, 0) is 36.8 Å². The molecule has 43 heavy (non-hydrogen) atoms. The SMILES string of the molecule is CCCCCCCCCCCCCCCCCCOc1ccccc1C(O)=CC(=O)Nc1cc(C(=O)O)cc(C(=O)O)c1. The lowest BCUT2D eigenvalue weighted by atomic mass is 10.0. The van der Waals surface area contributed by atoms with Crippen molar-refractivity contribution in [3.8, 4) is 5.75 Å². The fourth-order valence-electron chi connectivity index (χ4n) is 4.96. The van der Waals surface area contributed by atoms with E-state index in [4.69, 9.17) is 4.74 Å². The standard InChI is InChI=1S/C35H49NO7/c1-2-3-4-5-6-7-8-9-10-11-12-13-14-15-16-19-22-43-32-21-18-17-20-30(32)31(37)26-33(38)36-29-24-27(34(39)40)23-28(25-29)35(41)42/h17-18,20-21,23-26,37H,2-16,19,22H2,1H3,(H,36,38)(H,39,40)(H,41,42). The van der Waals surface area contributed by atoms with Crippen LogP contribution in [0.2, 0.25) is 0 Å². The van der Waals surface area contributed by atoms with Crippen molar-refractivity contribution in [2.45, 2.75) is 110 Å². The minimum Gasteiger partial charge on any atom is -0.507 e. The number of amides is 1. The first-order chi connectivity index (χ1) is 20.8. The monoisotopic (exact) mass is 595 g/mol. The number of aromatic carboxylic acids is 2. The van der Waals surface area contributed by atoms with E-state index in [0.717, 1.165) is 37.1 Å². The van der Waals surface area contributed by atoms with E-state index in [0.29, 0.717) is 17.9 Å². The van der Waals surface area contributed by atoms with Crippen LogP contribution >= 0.6 is 0 Å². The lowest BCUT2D eigenvalue weighted by Crippen LogP contribution is -2.11. The summed E-state index contributed by atoms with van der Waals surface area (Å²) >= 11 is 0. The Bertz CT molecular complexity index is 1140. The van der Waals surface area contributed by atoms with Gasteiger partial charge in [0.1, 0.15) is 11.5 Å². The van der Waals surface area contributed by atoms with Crippen molar-refractivity contribution in [3.05, 3.63) is 65.2 Å². The zero-order valence-corrected chi connectivity index (χ0v) is 25.6. The number of unbranched alkanes of at least 4 members (excludes halogenated alkanes) is 15. The van der Waals surface area contributed by atoms with Crippen LogP contribution in [0, 0.1) is 0 Å². The van der Waals surface area contributed by atoms with Crippen molar-refractivity contribution < 1.29 is 34.4 Å². The Labute approximate surface area is 256 Å². The fourth-order valence-corrected chi connectivity index (χ4v) is 4.96. The molecule has 2 rings (SSSR count). The number of para-hydroxylation sites is 1. The molecule has 0 spiro atoms. The Morgan fingerprint density at radius 3 is 1.63 bits per heavy atom. The van der Waals surface area contributed by atoms with E-state index >= 15 is 0 Å². The summed E-state index contributed by atoms with van der Waals surface area (Å²) in [6, 6.07) is 10.1. The zero-order chi connectivity index (χ0) is 31.3. The second-order valence-electron chi connectivity index (χ2n) is 11.1. The summed E-state index contributed by atoms with van der Waals surface area (Å²) in [5.74, 6) is -3.28. The van der Waals surface area contributed by atoms with E-state index in [1.165, 1.54) is 89.9 Å². The summed E-state index contributed by atoms with van der Waals surface area (Å²) in [7, 11) is 0. The topological polar surface area (TPSA) is 133 Å². The van der Waals surface area contributed by atoms with Crippen LogP contribution in [-0.2, 0) is 4.79 Å². The van der Waals surface area contributed by atoms with Crippen LogP contribution in [0.15, 0.2) is 48.5 Å². The lowest BCUT2D eigenvalue weighted by Gasteiger charge is -2.11. The van der Waals surface area contributed by atoms with Crippen molar-refractivity contribution >= 4 is 29.3 Å². The van der Waals surface area contributed by atoms with Crippen molar-refractivity contribution in [3.63, 3.8) is 0 Å². The number of hydrogen-bond donors (Lipinski definition) is 4. The molecule has 0 aromatic heterocycles. The van der Waals surface area contributed by atoms with Gasteiger partial charge in [0, 0.05) is 11.8 Å². The second-order valence-corrected chi connectivity index (χ2v) is 11.1. The minimum atomic E-state index is -1.33. The van der Waals surface area contributed by atoms with Gasteiger partial charge in [0.2, 0.25) is 0 Å². The van der Waals surface area contributed by atoms with Gasteiger partial charge < -0.3 is 25.4 Å². The molecule has 0 saturated heterocycles. The van der Waals surface area contributed by atoms with Gasteiger partial charge in [0.25, 0.3) is 5.91 Å². The van der Waals surface area contributed by atoms with E-state index in [9.17, 15) is 29.7 Å². The molecular weight excluding hydrogens is 546 g/mol. The Hall–Kier alpha value is -3.81. The number of anilines is 1. The molecule has 8 heteroatoms. The summed E-state index contributed by atoms with van der Waals surface area (Å²) in [5, 5.41) is 31.5.